The van der Waals surface area contributed by atoms with Crippen LogP contribution >= 0.6 is 0 Å². The fourth-order valence-corrected chi connectivity index (χ4v) is 3.29. The number of hydrogen-bond donors (Lipinski definition) is 1. The second-order valence-electron chi connectivity index (χ2n) is 6.64. The Bertz CT molecular complexity index is 490. The molecule has 3 nitrogen and oxygen atoms in total. The standard InChI is InChI=1S/C18H25FN2O/c19-16-3-1-14(2-4-16)7-10-20-18(22)13-15-8-11-21(12-9-15)17-5-6-17/h1-4,15,17H,5-13H2,(H,20,22). The third-order valence-electron chi connectivity index (χ3n) is 4.84. The van der Waals surface area contributed by atoms with Gasteiger partial charge < -0.3 is 10.2 Å². The van der Waals surface area contributed by atoms with Crippen LogP contribution in [0.25, 0.3) is 0 Å². The fourth-order valence-electron chi connectivity index (χ4n) is 3.29. The third-order valence-corrected chi connectivity index (χ3v) is 4.84. The van der Waals surface area contributed by atoms with E-state index in [9.17, 15) is 9.18 Å². The molecule has 0 aromatic heterocycles. The number of rotatable bonds is 6. The van der Waals surface area contributed by atoms with E-state index >= 15 is 0 Å². The van der Waals surface area contributed by atoms with Crippen molar-refractivity contribution in [2.75, 3.05) is 19.6 Å². The summed E-state index contributed by atoms with van der Waals surface area (Å²) in [6, 6.07) is 7.32. The average molecular weight is 304 g/mol. The molecule has 1 aliphatic carbocycles. The SMILES string of the molecule is O=C(CC1CCN(C2CC2)CC1)NCCc1ccc(F)cc1. The van der Waals surface area contributed by atoms with Gasteiger partial charge in [0.25, 0.3) is 0 Å². The predicted octanol–water partition coefficient (Wildman–Crippen LogP) is 2.75. The van der Waals surface area contributed by atoms with Crippen molar-refractivity contribution in [1.82, 2.24) is 10.2 Å². The number of nitrogens with zero attached hydrogens (tertiary/aromatic N) is 1. The Hall–Kier alpha value is -1.42. The number of nitrogens with one attached hydrogen (secondary N) is 1. The van der Waals surface area contributed by atoms with Crippen LogP contribution in [0, 0.1) is 11.7 Å². The van der Waals surface area contributed by atoms with E-state index < -0.39 is 0 Å². The summed E-state index contributed by atoms with van der Waals surface area (Å²) in [5, 5.41) is 2.99. The first kappa shape index (κ1) is 15.5. The van der Waals surface area contributed by atoms with Crippen molar-refractivity contribution in [2.45, 2.75) is 44.6 Å². The molecule has 1 saturated heterocycles. The molecule has 3 rings (SSSR count). The highest BCUT2D eigenvalue weighted by Crippen LogP contribution is 2.31. The Morgan fingerprint density at radius 3 is 2.45 bits per heavy atom. The van der Waals surface area contributed by atoms with E-state index in [-0.39, 0.29) is 11.7 Å². The van der Waals surface area contributed by atoms with Crippen molar-refractivity contribution < 1.29 is 9.18 Å². The van der Waals surface area contributed by atoms with Crippen molar-refractivity contribution in [3.63, 3.8) is 0 Å². The lowest BCUT2D eigenvalue weighted by Crippen LogP contribution is -2.37. The predicted molar refractivity (Wildman–Crippen MR) is 85.0 cm³/mol. The highest BCUT2D eigenvalue weighted by atomic mass is 19.1. The minimum Gasteiger partial charge on any atom is -0.356 e. The van der Waals surface area contributed by atoms with Gasteiger partial charge in [-0.1, -0.05) is 12.1 Å². The molecule has 1 aromatic carbocycles. The number of benzene rings is 1. The topological polar surface area (TPSA) is 32.3 Å². The second-order valence-corrected chi connectivity index (χ2v) is 6.64. The van der Waals surface area contributed by atoms with E-state index in [1.807, 2.05) is 0 Å². The summed E-state index contributed by atoms with van der Waals surface area (Å²) in [5.74, 6) is 0.484. The summed E-state index contributed by atoms with van der Waals surface area (Å²) >= 11 is 0. The van der Waals surface area contributed by atoms with E-state index in [0.717, 1.165) is 44.0 Å². The molecule has 1 aromatic rings. The number of amides is 1. The van der Waals surface area contributed by atoms with Crippen LogP contribution < -0.4 is 5.32 Å². The van der Waals surface area contributed by atoms with Crippen molar-refractivity contribution in [2.24, 2.45) is 5.92 Å². The van der Waals surface area contributed by atoms with Gasteiger partial charge in [-0.25, -0.2) is 4.39 Å². The number of carbonyl (C=O) groups excluding carboxylic acids is 1. The van der Waals surface area contributed by atoms with E-state index in [0.29, 0.717) is 18.9 Å². The normalized spacial score (nSPS) is 20.0. The van der Waals surface area contributed by atoms with Crippen LogP contribution in [0.15, 0.2) is 24.3 Å². The maximum Gasteiger partial charge on any atom is 0.220 e. The first-order valence-electron chi connectivity index (χ1n) is 8.46. The maximum absolute atomic E-state index is 12.8. The van der Waals surface area contributed by atoms with E-state index in [1.165, 1.54) is 25.0 Å². The molecule has 2 aliphatic rings. The zero-order chi connectivity index (χ0) is 15.4. The fraction of sp³-hybridized carbons (Fsp3) is 0.611. The summed E-state index contributed by atoms with van der Waals surface area (Å²) in [4.78, 5) is 14.6. The van der Waals surface area contributed by atoms with Crippen LogP contribution in [0.4, 0.5) is 4.39 Å². The van der Waals surface area contributed by atoms with Crippen LogP contribution in [0.1, 0.15) is 37.7 Å². The number of carbonyl (C=O) groups is 1. The Morgan fingerprint density at radius 2 is 1.82 bits per heavy atom. The lowest BCUT2D eigenvalue weighted by Gasteiger charge is -2.31. The minimum atomic E-state index is -0.217. The quantitative estimate of drug-likeness (QED) is 0.876. The monoisotopic (exact) mass is 304 g/mol. The summed E-state index contributed by atoms with van der Waals surface area (Å²) in [6.07, 6.45) is 6.46. The largest absolute Gasteiger partial charge is 0.356 e. The van der Waals surface area contributed by atoms with Crippen molar-refractivity contribution >= 4 is 5.91 Å². The van der Waals surface area contributed by atoms with Crippen molar-refractivity contribution in [3.05, 3.63) is 35.6 Å². The molecule has 1 aliphatic heterocycles. The van der Waals surface area contributed by atoms with E-state index in [1.54, 1.807) is 12.1 Å². The Kier molecular flexibility index (Phi) is 5.08. The molecule has 1 heterocycles. The van der Waals surface area contributed by atoms with Crippen LogP contribution in [0.3, 0.4) is 0 Å². The molecule has 0 radical (unpaired) electrons. The molecule has 2 fully saturated rings. The Morgan fingerprint density at radius 1 is 1.14 bits per heavy atom. The first-order valence-corrected chi connectivity index (χ1v) is 8.46. The van der Waals surface area contributed by atoms with Crippen molar-refractivity contribution in [1.29, 1.82) is 0 Å². The van der Waals surface area contributed by atoms with Gasteiger partial charge in [0, 0.05) is 19.0 Å². The lowest BCUT2D eigenvalue weighted by molar-refractivity contribution is -0.122. The minimum absolute atomic E-state index is 0.159. The second kappa shape index (κ2) is 7.23. The molecule has 4 heteroatoms. The Balaban J connectivity index is 1.31. The zero-order valence-corrected chi connectivity index (χ0v) is 13.1. The maximum atomic E-state index is 12.8. The molecule has 0 bridgehead atoms. The molecule has 1 saturated carbocycles. The number of halogens is 1. The average Bonchev–Trinajstić information content (AvgIpc) is 3.35. The van der Waals surface area contributed by atoms with Gasteiger partial charge in [-0.3, -0.25) is 4.79 Å². The number of hydrogen-bond acceptors (Lipinski definition) is 2. The van der Waals surface area contributed by atoms with Gasteiger partial charge in [0.2, 0.25) is 5.91 Å². The highest BCUT2D eigenvalue weighted by molar-refractivity contribution is 5.76. The van der Waals surface area contributed by atoms with Gasteiger partial charge in [-0.15, -0.1) is 0 Å². The van der Waals surface area contributed by atoms with Gasteiger partial charge in [0.15, 0.2) is 0 Å². The van der Waals surface area contributed by atoms with Gasteiger partial charge in [-0.2, -0.15) is 0 Å². The number of likely N-dealkylation sites (tertiary alicyclic amines) is 1. The van der Waals surface area contributed by atoms with Crippen LogP contribution in [0.5, 0.6) is 0 Å². The molecule has 22 heavy (non-hydrogen) atoms. The first-order chi connectivity index (χ1) is 10.7. The smallest absolute Gasteiger partial charge is 0.220 e. The lowest BCUT2D eigenvalue weighted by atomic mass is 9.93. The molecule has 0 atom stereocenters. The zero-order valence-electron chi connectivity index (χ0n) is 13.1. The van der Waals surface area contributed by atoms with Crippen LogP contribution in [-0.4, -0.2) is 36.5 Å². The van der Waals surface area contributed by atoms with Crippen LogP contribution in [-0.2, 0) is 11.2 Å². The third kappa shape index (κ3) is 4.54. The van der Waals surface area contributed by atoms with Gasteiger partial charge in [0.1, 0.15) is 5.82 Å². The summed E-state index contributed by atoms with van der Waals surface area (Å²) in [6.45, 7) is 2.96. The van der Waals surface area contributed by atoms with Crippen molar-refractivity contribution in [3.8, 4) is 0 Å². The molecule has 0 unspecified atom stereocenters. The molecular formula is C18H25FN2O. The summed E-state index contributed by atoms with van der Waals surface area (Å²) in [7, 11) is 0. The number of piperidine rings is 1. The highest BCUT2D eigenvalue weighted by Gasteiger charge is 2.32. The van der Waals surface area contributed by atoms with Gasteiger partial charge in [0.05, 0.1) is 0 Å². The summed E-state index contributed by atoms with van der Waals surface area (Å²) < 4.78 is 12.8. The molecule has 1 N–H and O–H groups in total. The molecular weight excluding hydrogens is 279 g/mol. The van der Waals surface area contributed by atoms with E-state index in [4.69, 9.17) is 0 Å². The molecule has 1 amide bonds. The van der Waals surface area contributed by atoms with Gasteiger partial charge >= 0.3 is 0 Å². The molecule has 120 valence electrons. The summed E-state index contributed by atoms with van der Waals surface area (Å²) in [5.41, 5.74) is 1.06. The van der Waals surface area contributed by atoms with Gasteiger partial charge in [-0.05, 0) is 68.8 Å². The van der Waals surface area contributed by atoms with Crippen LogP contribution in [0.2, 0.25) is 0 Å². The molecule has 0 spiro atoms. The Labute approximate surface area is 131 Å². The van der Waals surface area contributed by atoms with E-state index in [2.05, 4.69) is 10.2 Å².